The van der Waals surface area contributed by atoms with Gasteiger partial charge in [0.1, 0.15) is 18.2 Å². The molecule has 4 heterocycles. The molecule has 0 spiro atoms. The Labute approximate surface area is 355 Å². The van der Waals surface area contributed by atoms with E-state index in [0.29, 0.717) is 80.1 Å². The number of amides is 4. The molecule has 3 N–H and O–H groups in total. The number of aromatic nitrogens is 1. The number of hydrogen-bond donors (Lipinski definition) is 3. The number of anilines is 4. The van der Waals surface area contributed by atoms with Crippen molar-refractivity contribution in [3.8, 4) is 11.9 Å². The summed E-state index contributed by atoms with van der Waals surface area (Å²) in [5.41, 5.74) is -0.847. The van der Waals surface area contributed by atoms with Crippen molar-refractivity contribution in [1.82, 2.24) is 20.1 Å². The number of carbonyl (C=O) groups excluding carboxylic acids is 4. The van der Waals surface area contributed by atoms with E-state index in [0.717, 1.165) is 22.6 Å². The van der Waals surface area contributed by atoms with Gasteiger partial charge in [0.25, 0.3) is 5.91 Å². The Kier molecular flexibility index (Phi) is 14.1. The number of piperazine rings is 1. The van der Waals surface area contributed by atoms with Crippen molar-refractivity contribution in [3.05, 3.63) is 70.4 Å². The molecule has 20 heteroatoms. The Morgan fingerprint density at radius 3 is 2.42 bits per heavy atom. The van der Waals surface area contributed by atoms with E-state index in [4.69, 9.17) is 28.6 Å². The number of halogens is 5. The minimum atomic E-state index is -4.81. The van der Waals surface area contributed by atoms with E-state index in [1.54, 1.807) is 49.1 Å². The highest BCUT2D eigenvalue weighted by atomic mass is 35.5. The SMILES string of the molecule is CCc1cc(N2C(=S)N(c3ccc(C#N)c(C(F)(F)F)c3)C(=O)C2(C)C)cnc1OCCN1CCN(CC(=O)Nc2cc(Cl)cc(NC3CCC(=O)NC3=O)c2)CC1.Cl. The summed E-state index contributed by atoms with van der Waals surface area (Å²) in [6.07, 6.45) is -2.18. The highest BCUT2D eigenvalue weighted by Crippen LogP contribution is 2.40. The molecule has 1 unspecified atom stereocenters. The van der Waals surface area contributed by atoms with Crippen molar-refractivity contribution in [1.29, 1.82) is 5.26 Å². The van der Waals surface area contributed by atoms with E-state index >= 15 is 0 Å². The van der Waals surface area contributed by atoms with Gasteiger partial charge in [-0.25, -0.2) is 4.98 Å². The molecule has 59 heavy (non-hydrogen) atoms. The molecule has 3 aromatic rings. The summed E-state index contributed by atoms with van der Waals surface area (Å²) in [6.45, 7) is 9.00. The fraction of sp³-hybridized carbons (Fsp3) is 0.410. The van der Waals surface area contributed by atoms with Gasteiger partial charge >= 0.3 is 6.18 Å². The number of nitriles is 1. The van der Waals surface area contributed by atoms with Crippen LogP contribution in [0.5, 0.6) is 5.88 Å². The van der Waals surface area contributed by atoms with Gasteiger partial charge in [-0.2, -0.15) is 18.4 Å². The topological polar surface area (TPSA) is 163 Å². The predicted octanol–water partition coefficient (Wildman–Crippen LogP) is 5.38. The van der Waals surface area contributed by atoms with E-state index < -0.39 is 40.7 Å². The molecule has 14 nitrogen and oxygen atoms in total. The number of alkyl halides is 3. The number of ether oxygens (including phenoxy) is 1. The van der Waals surface area contributed by atoms with Crippen LogP contribution >= 0.6 is 36.2 Å². The van der Waals surface area contributed by atoms with Crippen LogP contribution in [0.3, 0.4) is 0 Å². The number of pyridine rings is 1. The smallest absolute Gasteiger partial charge is 0.417 e. The van der Waals surface area contributed by atoms with Crippen molar-refractivity contribution < 1.29 is 37.1 Å². The van der Waals surface area contributed by atoms with Crippen LogP contribution < -0.4 is 30.5 Å². The quantitative estimate of drug-likeness (QED) is 0.158. The molecular formula is C39H42Cl2F3N9O5S. The van der Waals surface area contributed by atoms with Crippen LogP contribution in [0.15, 0.2) is 48.7 Å². The lowest BCUT2D eigenvalue weighted by molar-refractivity contribution is -0.138. The molecule has 3 fully saturated rings. The Morgan fingerprint density at radius 1 is 1.07 bits per heavy atom. The number of piperidine rings is 1. The number of imide groups is 1. The first-order valence-electron chi connectivity index (χ1n) is 18.6. The van der Waals surface area contributed by atoms with Crippen LogP contribution in [-0.2, 0) is 31.8 Å². The molecule has 1 atom stereocenters. The first kappa shape index (κ1) is 45.0. The van der Waals surface area contributed by atoms with Crippen LogP contribution in [0.1, 0.15) is 50.3 Å². The zero-order valence-corrected chi connectivity index (χ0v) is 34.7. The third-order valence-electron chi connectivity index (χ3n) is 10.1. The largest absolute Gasteiger partial charge is 0.476 e. The molecule has 3 aliphatic heterocycles. The number of benzene rings is 2. The number of nitrogens with one attached hydrogen (secondary N) is 3. The van der Waals surface area contributed by atoms with Crippen molar-refractivity contribution in [2.24, 2.45) is 0 Å². The van der Waals surface area contributed by atoms with Gasteiger partial charge in [0.15, 0.2) is 5.11 Å². The van der Waals surface area contributed by atoms with E-state index in [1.807, 2.05) is 11.8 Å². The fourth-order valence-corrected chi connectivity index (χ4v) is 7.83. The Balaban J connectivity index is 0.00000661. The first-order chi connectivity index (χ1) is 27.5. The molecule has 0 bridgehead atoms. The molecule has 3 aliphatic rings. The molecule has 0 radical (unpaired) electrons. The number of hydrogen-bond acceptors (Lipinski definition) is 11. The third kappa shape index (κ3) is 10.2. The minimum Gasteiger partial charge on any atom is -0.476 e. The van der Waals surface area contributed by atoms with E-state index in [-0.39, 0.29) is 48.0 Å². The minimum absolute atomic E-state index is 0. The normalized spacial score (nSPS) is 18.6. The summed E-state index contributed by atoms with van der Waals surface area (Å²) in [4.78, 5) is 61.6. The Hall–Kier alpha value is -5.06. The van der Waals surface area contributed by atoms with Gasteiger partial charge in [-0.3, -0.25) is 39.2 Å². The van der Waals surface area contributed by atoms with Gasteiger partial charge in [0, 0.05) is 61.1 Å². The van der Waals surface area contributed by atoms with Gasteiger partial charge < -0.3 is 20.3 Å². The second-order valence-corrected chi connectivity index (χ2v) is 15.4. The van der Waals surface area contributed by atoms with E-state index in [2.05, 4.69) is 25.8 Å². The predicted molar refractivity (Wildman–Crippen MR) is 222 cm³/mol. The Bertz CT molecular complexity index is 2180. The number of rotatable bonds is 12. The molecule has 0 aliphatic carbocycles. The maximum Gasteiger partial charge on any atom is 0.417 e. The zero-order chi connectivity index (χ0) is 41.9. The summed E-state index contributed by atoms with van der Waals surface area (Å²) < 4.78 is 47.4. The Morgan fingerprint density at radius 2 is 1.76 bits per heavy atom. The number of aryl methyl sites for hydroxylation is 1. The van der Waals surface area contributed by atoms with Crippen molar-refractivity contribution >= 4 is 87.7 Å². The molecule has 2 aromatic carbocycles. The molecule has 6 rings (SSSR count). The maximum atomic E-state index is 13.8. The maximum absolute atomic E-state index is 13.8. The lowest BCUT2D eigenvalue weighted by Crippen LogP contribution is -2.49. The first-order valence-corrected chi connectivity index (χ1v) is 19.3. The monoisotopic (exact) mass is 875 g/mol. The molecular weight excluding hydrogens is 834 g/mol. The summed E-state index contributed by atoms with van der Waals surface area (Å²) in [6, 6.07) is 10.8. The van der Waals surface area contributed by atoms with Gasteiger partial charge in [0.05, 0.1) is 41.3 Å². The molecule has 314 valence electrons. The van der Waals surface area contributed by atoms with Gasteiger partial charge in [-0.15, -0.1) is 12.4 Å². The second kappa shape index (κ2) is 18.5. The van der Waals surface area contributed by atoms with Gasteiger partial charge in [-0.1, -0.05) is 18.5 Å². The van der Waals surface area contributed by atoms with Crippen molar-refractivity contribution in [2.75, 3.05) is 66.3 Å². The molecule has 3 saturated heterocycles. The summed E-state index contributed by atoms with van der Waals surface area (Å²) >= 11 is 12.0. The standard InChI is InChI=1S/C39H41ClF3N9O5S.ClH/c1-4-23-15-29(52-37(58)51(36(56)38(52,2)3)28-6-5-24(20-44)30(19-28)39(41,42)43)21-45-35(23)57-14-13-49-9-11-50(12-10-49)22-33(54)47-27-17-25(40)16-26(18-27)46-31-7-8-32(53)48-34(31)55;/h5-6,15-19,21,31,46H,4,7-14,22H2,1-3H3,(H,47,54)(H,48,53,55);1H. The molecule has 4 amide bonds. The highest BCUT2D eigenvalue weighted by molar-refractivity contribution is 7.81. The van der Waals surface area contributed by atoms with E-state index in [9.17, 15) is 37.6 Å². The van der Waals surface area contributed by atoms with Gasteiger partial charge in [-0.05, 0) is 81.4 Å². The number of thiocarbonyl (C=S) groups is 1. The average Bonchev–Trinajstić information content (AvgIpc) is 3.34. The summed E-state index contributed by atoms with van der Waals surface area (Å²) in [5, 5.41) is 17.8. The number of carbonyl (C=O) groups is 4. The summed E-state index contributed by atoms with van der Waals surface area (Å²) in [7, 11) is 0. The molecule has 0 saturated carbocycles. The number of nitrogens with zero attached hydrogens (tertiary/aromatic N) is 6. The van der Waals surface area contributed by atoms with Crippen LogP contribution in [0.25, 0.3) is 0 Å². The average molecular weight is 877 g/mol. The van der Waals surface area contributed by atoms with Crippen molar-refractivity contribution in [2.45, 2.75) is 57.8 Å². The van der Waals surface area contributed by atoms with Crippen molar-refractivity contribution in [3.63, 3.8) is 0 Å². The highest BCUT2D eigenvalue weighted by Gasteiger charge is 2.51. The van der Waals surface area contributed by atoms with Crippen LogP contribution in [0.2, 0.25) is 5.02 Å². The van der Waals surface area contributed by atoms with Crippen LogP contribution in [0, 0.1) is 11.3 Å². The summed E-state index contributed by atoms with van der Waals surface area (Å²) in [5.74, 6) is -1.07. The fourth-order valence-electron chi connectivity index (χ4n) is 7.07. The molecule has 1 aromatic heterocycles. The lowest BCUT2D eigenvalue weighted by atomic mass is 10.0. The second-order valence-electron chi connectivity index (χ2n) is 14.6. The van der Waals surface area contributed by atoms with Crippen LogP contribution in [-0.4, -0.2) is 101 Å². The van der Waals surface area contributed by atoms with E-state index in [1.165, 1.54) is 12.3 Å². The zero-order valence-electron chi connectivity index (χ0n) is 32.3. The van der Waals surface area contributed by atoms with Gasteiger partial charge in [0.2, 0.25) is 23.6 Å². The third-order valence-corrected chi connectivity index (χ3v) is 10.7. The van der Waals surface area contributed by atoms with Crippen LogP contribution in [0.4, 0.5) is 35.9 Å². The lowest BCUT2D eigenvalue weighted by Gasteiger charge is -2.34.